The van der Waals surface area contributed by atoms with Crippen molar-refractivity contribution >= 4 is 17.2 Å². The molecule has 0 atom stereocenters. The molecule has 0 N–H and O–H groups in total. The molecule has 0 fully saturated rings. The molecule has 4 rings (SSSR count). The zero-order valence-corrected chi connectivity index (χ0v) is 14.0. The first-order chi connectivity index (χ1) is 12.3. The van der Waals surface area contributed by atoms with E-state index in [0.29, 0.717) is 12.5 Å². The molecule has 0 aliphatic carbocycles. The monoisotopic (exact) mass is 329 g/mol. The van der Waals surface area contributed by atoms with Crippen LogP contribution in [0, 0.1) is 0 Å². The second kappa shape index (κ2) is 6.65. The summed E-state index contributed by atoms with van der Waals surface area (Å²) in [6.07, 6.45) is 4.00. The highest BCUT2D eigenvalue weighted by molar-refractivity contribution is 6.00. The molecule has 0 saturated carbocycles. The summed E-state index contributed by atoms with van der Waals surface area (Å²) in [7, 11) is 2.00. The number of amidine groups is 1. The Morgan fingerprint density at radius 1 is 0.760 bits per heavy atom. The van der Waals surface area contributed by atoms with Gasteiger partial charge in [-0.2, -0.15) is 0 Å². The van der Waals surface area contributed by atoms with E-state index in [0.717, 1.165) is 16.9 Å². The molecule has 5 heteroatoms. The van der Waals surface area contributed by atoms with Crippen molar-refractivity contribution in [3.8, 4) is 0 Å². The first kappa shape index (κ1) is 15.2. The Kier molecular flexibility index (Phi) is 4.04. The fourth-order valence-corrected chi connectivity index (χ4v) is 2.68. The normalized spacial score (nSPS) is 14.0. The van der Waals surface area contributed by atoms with Gasteiger partial charge in [-0.3, -0.25) is 0 Å². The van der Waals surface area contributed by atoms with E-state index in [1.54, 1.807) is 0 Å². The van der Waals surface area contributed by atoms with Crippen LogP contribution in [-0.4, -0.2) is 12.5 Å². The Bertz CT molecular complexity index is 860. The minimum Gasteiger partial charge on any atom is -0.242 e. The third-order valence-electron chi connectivity index (χ3n) is 4.04. The molecule has 1 radical (unpaired) electrons. The summed E-state index contributed by atoms with van der Waals surface area (Å²) in [6.45, 7) is 0.568. The Morgan fingerprint density at radius 2 is 1.32 bits per heavy atom. The quantitative estimate of drug-likeness (QED) is 0.693. The highest BCUT2D eigenvalue weighted by Crippen LogP contribution is 2.22. The SMILES string of the molecule is C[n+]1ccc(C2=NN(c3ccccc3)CN(c3ccccc3)[N]2)cc1. The van der Waals surface area contributed by atoms with Crippen LogP contribution < -0.4 is 20.0 Å². The minimum atomic E-state index is 0.568. The molecule has 0 saturated heterocycles. The van der Waals surface area contributed by atoms with Crippen LogP contribution >= 0.6 is 0 Å². The van der Waals surface area contributed by atoms with E-state index >= 15 is 0 Å². The fraction of sp³-hybridized carbons (Fsp3) is 0.100. The van der Waals surface area contributed by atoms with Crippen LogP contribution in [0.15, 0.2) is 90.3 Å². The fourth-order valence-electron chi connectivity index (χ4n) is 2.68. The van der Waals surface area contributed by atoms with E-state index in [9.17, 15) is 0 Å². The molecule has 1 aliphatic heterocycles. The molecule has 25 heavy (non-hydrogen) atoms. The molecule has 1 aliphatic rings. The maximum absolute atomic E-state index is 4.76. The van der Waals surface area contributed by atoms with Gasteiger partial charge in [0, 0.05) is 17.7 Å². The number of hydrogen-bond acceptors (Lipinski definition) is 3. The molecule has 5 nitrogen and oxygen atoms in total. The minimum absolute atomic E-state index is 0.568. The standard InChI is InChI=1S/C20H19N5/c1-23-14-12-17(13-15-23)20-21-24(18-8-4-2-5-9-18)16-25(22-20)19-10-6-3-7-11-19/h2-15H,16H2,1H3/q+1. The third kappa shape index (κ3) is 3.30. The van der Waals surface area contributed by atoms with Gasteiger partial charge in [0.05, 0.1) is 11.4 Å². The molecular weight excluding hydrogens is 310 g/mol. The van der Waals surface area contributed by atoms with Crippen molar-refractivity contribution in [2.75, 3.05) is 16.7 Å². The molecule has 2 heterocycles. The van der Waals surface area contributed by atoms with E-state index in [-0.39, 0.29) is 0 Å². The predicted molar refractivity (Wildman–Crippen MR) is 99.0 cm³/mol. The maximum atomic E-state index is 4.76. The lowest BCUT2D eigenvalue weighted by molar-refractivity contribution is -0.671. The summed E-state index contributed by atoms with van der Waals surface area (Å²) < 4.78 is 2.00. The van der Waals surface area contributed by atoms with Gasteiger partial charge in [0.2, 0.25) is 0 Å². The molecule has 0 amide bonds. The molecule has 123 valence electrons. The number of para-hydroxylation sites is 2. The molecule has 2 aromatic carbocycles. The van der Waals surface area contributed by atoms with Crippen molar-refractivity contribution in [2.45, 2.75) is 0 Å². The number of anilines is 2. The Labute approximate surface area is 147 Å². The average molecular weight is 329 g/mol. The smallest absolute Gasteiger partial charge is 0.199 e. The van der Waals surface area contributed by atoms with E-state index in [2.05, 4.69) is 24.3 Å². The topological polar surface area (TPSA) is 36.8 Å². The van der Waals surface area contributed by atoms with Crippen LogP contribution in [-0.2, 0) is 7.05 Å². The first-order valence-corrected chi connectivity index (χ1v) is 8.21. The Morgan fingerprint density at radius 3 is 1.92 bits per heavy atom. The van der Waals surface area contributed by atoms with Gasteiger partial charge in [-0.15, -0.1) is 10.5 Å². The maximum Gasteiger partial charge on any atom is 0.199 e. The average Bonchev–Trinajstić information content (AvgIpc) is 2.69. The van der Waals surface area contributed by atoms with Crippen LogP contribution in [0.25, 0.3) is 0 Å². The van der Waals surface area contributed by atoms with Gasteiger partial charge in [0.25, 0.3) is 0 Å². The molecule has 3 aromatic rings. The van der Waals surface area contributed by atoms with Crippen LogP contribution in [0.5, 0.6) is 0 Å². The van der Waals surface area contributed by atoms with Crippen molar-refractivity contribution in [2.24, 2.45) is 12.1 Å². The van der Waals surface area contributed by atoms with Gasteiger partial charge in [-0.25, -0.2) is 14.6 Å². The number of hydrogen-bond donors (Lipinski definition) is 0. The number of aromatic nitrogens is 1. The van der Waals surface area contributed by atoms with Gasteiger partial charge in [0.1, 0.15) is 13.7 Å². The number of nitrogens with zero attached hydrogens (tertiary/aromatic N) is 5. The van der Waals surface area contributed by atoms with E-state index in [4.69, 9.17) is 10.5 Å². The summed E-state index contributed by atoms with van der Waals surface area (Å²) in [5.41, 5.74) is 7.82. The lowest BCUT2D eigenvalue weighted by atomic mass is 10.2. The van der Waals surface area contributed by atoms with Crippen molar-refractivity contribution in [3.05, 3.63) is 90.8 Å². The van der Waals surface area contributed by atoms with Crippen LogP contribution in [0.1, 0.15) is 5.56 Å². The van der Waals surface area contributed by atoms with E-state index < -0.39 is 0 Å². The Balaban J connectivity index is 1.73. The van der Waals surface area contributed by atoms with Crippen LogP contribution in [0.3, 0.4) is 0 Å². The van der Waals surface area contributed by atoms with Gasteiger partial charge < -0.3 is 0 Å². The summed E-state index contributed by atoms with van der Waals surface area (Å²) in [6, 6.07) is 24.4. The van der Waals surface area contributed by atoms with Crippen LogP contribution in [0.4, 0.5) is 11.4 Å². The lowest BCUT2D eigenvalue weighted by Gasteiger charge is -2.34. The van der Waals surface area contributed by atoms with Gasteiger partial charge in [0.15, 0.2) is 18.2 Å². The number of aryl methyl sites for hydroxylation is 1. The van der Waals surface area contributed by atoms with Crippen LogP contribution in [0.2, 0.25) is 0 Å². The molecule has 0 spiro atoms. The predicted octanol–water partition coefficient (Wildman–Crippen LogP) is 2.68. The second-order valence-electron chi connectivity index (χ2n) is 5.89. The number of benzene rings is 2. The highest BCUT2D eigenvalue weighted by atomic mass is 15.7. The molecule has 0 unspecified atom stereocenters. The zero-order valence-electron chi connectivity index (χ0n) is 14.0. The van der Waals surface area contributed by atoms with Gasteiger partial charge >= 0.3 is 0 Å². The number of hydrazone groups is 1. The largest absolute Gasteiger partial charge is 0.242 e. The summed E-state index contributed by atoms with van der Waals surface area (Å²) in [5, 5.41) is 8.71. The van der Waals surface area contributed by atoms with Crippen molar-refractivity contribution in [1.29, 1.82) is 0 Å². The molecule has 1 aromatic heterocycles. The number of pyridine rings is 1. The summed E-state index contributed by atoms with van der Waals surface area (Å²) >= 11 is 0. The van der Waals surface area contributed by atoms with Gasteiger partial charge in [-0.05, 0) is 24.3 Å². The second-order valence-corrected chi connectivity index (χ2v) is 5.89. The summed E-state index contributed by atoms with van der Waals surface area (Å²) in [5.74, 6) is 0.694. The molecule has 0 bridgehead atoms. The van der Waals surface area contributed by atoms with E-state index in [1.807, 2.05) is 82.6 Å². The number of rotatable bonds is 3. The van der Waals surface area contributed by atoms with Crippen molar-refractivity contribution in [1.82, 2.24) is 5.43 Å². The Hall–Kier alpha value is -3.34. The first-order valence-electron chi connectivity index (χ1n) is 8.21. The highest BCUT2D eigenvalue weighted by Gasteiger charge is 2.23. The third-order valence-corrected chi connectivity index (χ3v) is 4.04. The zero-order chi connectivity index (χ0) is 17.1. The van der Waals surface area contributed by atoms with E-state index in [1.165, 1.54) is 0 Å². The molecular formula is C20H19N5+. The lowest BCUT2D eigenvalue weighted by Crippen LogP contribution is -2.48. The van der Waals surface area contributed by atoms with Crippen molar-refractivity contribution in [3.63, 3.8) is 0 Å². The van der Waals surface area contributed by atoms with Gasteiger partial charge in [-0.1, -0.05) is 36.4 Å². The van der Waals surface area contributed by atoms with Crippen molar-refractivity contribution < 1.29 is 4.57 Å². The summed E-state index contributed by atoms with van der Waals surface area (Å²) in [4.78, 5) is 0.